The lowest BCUT2D eigenvalue weighted by Gasteiger charge is -2.18. The molecule has 0 saturated carbocycles. The Balaban J connectivity index is 4.43. The molecule has 0 heterocycles. The quantitative estimate of drug-likeness (QED) is 0.0261. The topological polar surface area (TPSA) is 78.9 Å². The Morgan fingerprint density at radius 1 is 0.259 bits per heavy atom. The Morgan fingerprint density at radius 2 is 0.481 bits per heavy atom. The molecule has 464 valence electrons. The molecule has 0 aliphatic carbocycles. The predicted octanol–water partition coefficient (Wildman–Crippen LogP) is 23.8. The van der Waals surface area contributed by atoms with E-state index in [1.54, 1.807) is 0 Å². The molecular formula is C75H128O6. The van der Waals surface area contributed by atoms with E-state index in [4.69, 9.17) is 14.2 Å². The normalized spacial score (nSPS) is 12.8. The zero-order valence-corrected chi connectivity index (χ0v) is 53.3. The Labute approximate surface area is 501 Å². The molecule has 0 radical (unpaired) electrons. The molecule has 0 rings (SSSR count). The summed E-state index contributed by atoms with van der Waals surface area (Å²) in [5.74, 6) is -0.927. The highest BCUT2D eigenvalue weighted by molar-refractivity contribution is 5.71. The van der Waals surface area contributed by atoms with Gasteiger partial charge in [-0.3, -0.25) is 14.4 Å². The van der Waals surface area contributed by atoms with Crippen molar-refractivity contribution in [1.29, 1.82) is 0 Å². The third-order valence-corrected chi connectivity index (χ3v) is 14.8. The van der Waals surface area contributed by atoms with Crippen LogP contribution >= 0.6 is 0 Å². The molecule has 1 atom stereocenters. The SMILES string of the molecule is CC/C=C\C/C=C\C/C=C\C/C=C\C/C=C\C/C=C\C/C=C\CCCCCC(=O)OCC(COC(=O)CCCCCCC/C=C\C/C=C\CCCCCC)OC(=O)CCCCCCCCCCCCCCCCCCCCCCCC. The fourth-order valence-corrected chi connectivity index (χ4v) is 9.63. The van der Waals surface area contributed by atoms with Crippen molar-refractivity contribution in [3.63, 3.8) is 0 Å². The van der Waals surface area contributed by atoms with Crippen LogP contribution in [0.2, 0.25) is 0 Å². The summed E-state index contributed by atoms with van der Waals surface area (Å²) >= 11 is 0. The standard InChI is InChI=1S/C75H128O6/c1-4-7-10-13-16-19-22-25-28-31-33-35-37-38-39-41-42-44-47-50-53-56-59-62-65-68-74(77)80-71-72(70-79-73(76)67-64-61-58-55-52-49-46-30-27-24-21-18-15-12-9-6-3)81-75(78)69-66-63-60-57-54-51-48-45-43-40-36-34-32-29-26-23-20-17-14-11-8-5-2/h7,10,16,19,21,24-25,28,30,33,35,38-39,42,44,46,50,53,72H,4-6,8-9,11-15,17-18,20,22-23,26-27,29,31-32,34,36-37,40-41,43,45,47-49,51-52,54-71H2,1-3H3/b10-7-,19-16-,24-21-,28-25-,35-33-,39-38-,44-42-,46-30-,53-50-. The molecule has 0 spiro atoms. The molecular weight excluding hydrogens is 997 g/mol. The lowest BCUT2D eigenvalue weighted by atomic mass is 10.0. The maximum Gasteiger partial charge on any atom is 0.306 e. The third-order valence-electron chi connectivity index (χ3n) is 14.8. The molecule has 0 amide bonds. The molecule has 0 fully saturated rings. The first-order valence-electron chi connectivity index (χ1n) is 34.4. The predicted molar refractivity (Wildman–Crippen MR) is 353 cm³/mol. The van der Waals surface area contributed by atoms with Gasteiger partial charge in [-0.1, -0.05) is 310 Å². The van der Waals surface area contributed by atoms with Gasteiger partial charge in [0.15, 0.2) is 6.10 Å². The fourth-order valence-electron chi connectivity index (χ4n) is 9.63. The summed E-state index contributed by atoms with van der Waals surface area (Å²) in [6.07, 6.45) is 93.9. The second-order valence-corrected chi connectivity index (χ2v) is 22.7. The summed E-state index contributed by atoms with van der Waals surface area (Å²) in [4.78, 5) is 38.4. The number of hydrogen-bond donors (Lipinski definition) is 0. The van der Waals surface area contributed by atoms with Crippen LogP contribution in [-0.4, -0.2) is 37.2 Å². The summed E-state index contributed by atoms with van der Waals surface area (Å²) in [6, 6.07) is 0. The molecule has 0 saturated heterocycles. The van der Waals surface area contributed by atoms with Crippen molar-refractivity contribution < 1.29 is 28.6 Å². The van der Waals surface area contributed by atoms with Gasteiger partial charge >= 0.3 is 17.9 Å². The average Bonchev–Trinajstić information content (AvgIpc) is 3.47. The average molecular weight is 1130 g/mol. The minimum atomic E-state index is -0.800. The van der Waals surface area contributed by atoms with Crippen LogP contribution in [0.1, 0.15) is 329 Å². The highest BCUT2D eigenvalue weighted by Gasteiger charge is 2.19. The van der Waals surface area contributed by atoms with Crippen LogP contribution < -0.4 is 0 Å². The first kappa shape index (κ1) is 77.1. The smallest absolute Gasteiger partial charge is 0.306 e. The molecule has 0 N–H and O–H groups in total. The van der Waals surface area contributed by atoms with Gasteiger partial charge in [-0.25, -0.2) is 0 Å². The summed E-state index contributed by atoms with van der Waals surface area (Å²) < 4.78 is 16.9. The second kappa shape index (κ2) is 68.6. The molecule has 0 aromatic carbocycles. The van der Waals surface area contributed by atoms with E-state index in [9.17, 15) is 14.4 Å². The highest BCUT2D eigenvalue weighted by Crippen LogP contribution is 2.17. The second-order valence-electron chi connectivity index (χ2n) is 22.7. The maximum atomic E-state index is 13.0. The van der Waals surface area contributed by atoms with Gasteiger partial charge < -0.3 is 14.2 Å². The summed E-state index contributed by atoms with van der Waals surface area (Å²) in [6.45, 7) is 6.51. The van der Waals surface area contributed by atoms with Gasteiger partial charge in [0.1, 0.15) is 13.2 Å². The van der Waals surface area contributed by atoms with Crippen LogP contribution in [0.3, 0.4) is 0 Å². The zero-order valence-electron chi connectivity index (χ0n) is 53.3. The van der Waals surface area contributed by atoms with Crippen molar-refractivity contribution in [2.75, 3.05) is 13.2 Å². The molecule has 6 nitrogen and oxygen atoms in total. The largest absolute Gasteiger partial charge is 0.462 e. The van der Waals surface area contributed by atoms with E-state index < -0.39 is 6.10 Å². The number of esters is 3. The van der Waals surface area contributed by atoms with E-state index in [2.05, 4.69) is 130 Å². The van der Waals surface area contributed by atoms with Gasteiger partial charge in [-0.2, -0.15) is 0 Å². The van der Waals surface area contributed by atoms with Crippen molar-refractivity contribution in [2.24, 2.45) is 0 Å². The van der Waals surface area contributed by atoms with Gasteiger partial charge in [0.05, 0.1) is 0 Å². The number of rotatable bonds is 62. The Bertz CT molecular complexity index is 1620. The Kier molecular flexibility index (Phi) is 65.2. The van der Waals surface area contributed by atoms with E-state index >= 15 is 0 Å². The van der Waals surface area contributed by atoms with Crippen LogP contribution in [0.25, 0.3) is 0 Å². The number of allylic oxidation sites excluding steroid dienone is 18. The molecule has 0 aromatic rings. The first-order valence-corrected chi connectivity index (χ1v) is 34.4. The Morgan fingerprint density at radius 3 is 0.778 bits per heavy atom. The van der Waals surface area contributed by atoms with E-state index in [0.29, 0.717) is 19.3 Å². The number of carbonyl (C=O) groups is 3. The van der Waals surface area contributed by atoms with Crippen LogP contribution in [-0.2, 0) is 28.6 Å². The van der Waals surface area contributed by atoms with E-state index in [1.165, 1.54) is 154 Å². The first-order chi connectivity index (χ1) is 40.0. The Hall–Kier alpha value is -3.93. The molecule has 0 aliphatic heterocycles. The van der Waals surface area contributed by atoms with E-state index in [-0.39, 0.29) is 31.1 Å². The van der Waals surface area contributed by atoms with Crippen LogP contribution in [0.4, 0.5) is 0 Å². The molecule has 6 heteroatoms. The summed E-state index contributed by atoms with van der Waals surface area (Å²) in [5, 5.41) is 0. The highest BCUT2D eigenvalue weighted by atomic mass is 16.6. The van der Waals surface area contributed by atoms with Crippen molar-refractivity contribution in [1.82, 2.24) is 0 Å². The van der Waals surface area contributed by atoms with Crippen molar-refractivity contribution in [2.45, 2.75) is 335 Å². The minimum absolute atomic E-state index is 0.0947. The van der Waals surface area contributed by atoms with Gasteiger partial charge in [0, 0.05) is 19.3 Å². The molecule has 1 unspecified atom stereocenters. The summed E-state index contributed by atoms with van der Waals surface area (Å²) in [7, 11) is 0. The minimum Gasteiger partial charge on any atom is -0.462 e. The molecule has 0 aromatic heterocycles. The van der Waals surface area contributed by atoms with Gasteiger partial charge in [0.25, 0.3) is 0 Å². The number of carbonyl (C=O) groups excluding carboxylic acids is 3. The van der Waals surface area contributed by atoms with E-state index in [0.717, 1.165) is 135 Å². The molecule has 0 aliphatic rings. The molecule has 81 heavy (non-hydrogen) atoms. The van der Waals surface area contributed by atoms with Crippen molar-refractivity contribution >= 4 is 17.9 Å². The fraction of sp³-hybridized carbons (Fsp3) is 0.720. The van der Waals surface area contributed by atoms with Crippen LogP contribution in [0.5, 0.6) is 0 Å². The molecule has 0 bridgehead atoms. The number of hydrogen-bond acceptors (Lipinski definition) is 6. The van der Waals surface area contributed by atoms with Gasteiger partial charge in [-0.15, -0.1) is 0 Å². The monoisotopic (exact) mass is 1120 g/mol. The summed E-state index contributed by atoms with van der Waals surface area (Å²) in [5.41, 5.74) is 0. The van der Waals surface area contributed by atoms with Crippen molar-refractivity contribution in [3.05, 3.63) is 109 Å². The number of ether oxygens (including phenoxy) is 3. The third kappa shape index (κ3) is 66.8. The van der Waals surface area contributed by atoms with Gasteiger partial charge in [0.2, 0.25) is 0 Å². The zero-order chi connectivity index (χ0) is 58.5. The van der Waals surface area contributed by atoms with Crippen molar-refractivity contribution in [3.8, 4) is 0 Å². The lowest BCUT2D eigenvalue weighted by Crippen LogP contribution is -2.30. The van der Waals surface area contributed by atoms with E-state index in [1.807, 2.05) is 0 Å². The van der Waals surface area contributed by atoms with Crippen LogP contribution in [0.15, 0.2) is 109 Å². The number of unbranched alkanes of at least 4 members (excludes halogenated alkanes) is 33. The lowest BCUT2D eigenvalue weighted by molar-refractivity contribution is -0.167. The van der Waals surface area contributed by atoms with Crippen LogP contribution in [0, 0.1) is 0 Å². The maximum absolute atomic E-state index is 13.0. The van der Waals surface area contributed by atoms with Gasteiger partial charge in [-0.05, 0) is 109 Å².